The first-order valence-electron chi connectivity index (χ1n) is 11.3. The summed E-state index contributed by atoms with van der Waals surface area (Å²) in [6.07, 6.45) is 2.02. The van der Waals surface area contributed by atoms with Crippen LogP contribution in [0.25, 0.3) is 0 Å². The monoisotopic (exact) mass is 432 g/mol. The summed E-state index contributed by atoms with van der Waals surface area (Å²) < 4.78 is 23.8. The molecule has 168 valence electrons. The van der Waals surface area contributed by atoms with Crippen molar-refractivity contribution in [2.24, 2.45) is 34.5 Å². The molecule has 0 radical (unpaired) electrons. The Kier molecular flexibility index (Phi) is 3.43. The van der Waals surface area contributed by atoms with Crippen molar-refractivity contribution in [2.45, 2.75) is 83.2 Å². The van der Waals surface area contributed by atoms with Crippen LogP contribution in [0.1, 0.15) is 59.8 Å². The first-order chi connectivity index (χ1) is 14.5. The Morgan fingerprint density at radius 3 is 2.52 bits per heavy atom. The molecule has 2 saturated heterocycles. The molecule has 2 aliphatic heterocycles. The highest BCUT2D eigenvalue weighted by atomic mass is 16.6. The highest BCUT2D eigenvalue weighted by Crippen LogP contribution is 2.81. The van der Waals surface area contributed by atoms with Crippen LogP contribution < -0.4 is 0 Å². The molecule has 4 aliphatic carbocycles. The second kappa shape index (κ2) is 5.44. The first kappa shape index (κ1) is 19.6. The molecule has 0 aromatic carbocycles. The molecule has 2 heterocycles. The van der Waals surface area contributed by atoms with Crippen molar-refractivity contribution in [3.63, 3.8) is 0 Å². The van der Waals surface area contributed by atoms with Crippen molar-refractivity contribution in [1.29, 1.82) is 0 Å². The summed E-state index contributed by atoms with van der Waals surface area (Å²) in [6, 6.07) is 0. The summed E-state index contributed by atoms with van der Waals surface area (Å²) in [5.41, 5.74) is -3.03. The van der Waals surface area contributed by atoms with Gasteiger partial charge in [0.25, 0.3) is 0 Å². The summed E-state index contributed by atoms with van der Waals surface area (Å²) in [6.45, 7) is 6.56. The van der Waals surface area contributed by atoms with E-state index in [1.54, 1.807) is 6.92 Å². The number of fused-ring (bicyclic) bond motifs is 1. The van der Waals surface area contributed by atoms with Gasteiger partial charge in [-0.25, -0.2) is 0 Å². The van der Waals surface area contributed by atoms with E-state index in [1.807, 2.05) is 6.92 Å². The first-order valence-corrected chi connectivity index (χ1v) is 11.3. The minimum absolute atomic E-state index is 0.0378. The Hall–Kier alpha value is -2.12. The molecule has 8 heteroatoms. The number of carbonyl (C=O) groups is 4. The maximum absolute atomic E-state index is 13.4. The minimum atomic E-state index is -1.09. The summed E-state index contributed by atoms with van der Waals surface area (Å²) in [5.74, 6) is -2.54. The smallest absolute Gasteiger partial charge is 0.316 e. The molecule has 8 nitrogen and oxygen atoms in total. The fourth-order valence-electron chi connectivity index (χ4n) is 9.21. The third kappa shape index (κ3) is 1.87. The zero-order valence-electron chi connectivity index (χ0n) is 18.3. The number of carbonyl (C=O) groups excluding carboxylic acids is 4. The van der Waals surface area contributed by atoms with Crippen LogP contribution in [0.15, 0.2) is 0 Å². The van der Waals surface area contributed by atoms with E-state index < -0.39 is 45.9 Å². The Morgan fingerprint density at radius 1 is 1.10 bits per heavy atom. The molecule has 4 bridgehead atoms. The molecule has 6 fully saturated rings. The van der Waals surface area contributed by atoms with Crippen LogP contribution in [0.2, 0.25) is 0 Å². The van der Waals surface area contributed by atoms with E-state index in [0.717, 1.165) is 0 Å². The third-order valence-corrected chi connectivity index (χ3v) is 9.94. The van der Waals surface area contributed by atoms with Gasteiger partial charge in [0.05, 0.1) is 5.92 Å². The summed E-state index contributed by atoms with van der Waals surface area (Å²) >= 11 is 0. The molecule has 31 heavy (non-hydrogen) atoms. The van der Waals surface area contributed by atoms with Crippen molar-refractivity contribution >= 4 is 23.9 Å². The van der Waals surface area contributed by atoms with Crippen LogP contribution in [0, 0.1) is 34.5 Å². The average Bonchev–Trinajstić information content (AvgIpc) is 3.19. The Balaban J connectivity index is 1.52. The van der Waals surface area contributed by atoms with Crippen LogP contribution in [-0.4, -0.2) is 47.3 Å². The second-order valence-corrected chi connectivity index (χ2v) is 10.9. The molecular weight excluding hydrogens is 404 g/mol. The molecule has 6 rings (SSSR count). The number of hydrogen-bond acceptors (Lipinski definition) is 8. The molecule has 10 atom stereocenters. The largest absolute Gasteiger partial charge is 0.461 e. The molecule has 0 amide bonds. The summed E-state index contributed by atoms with van der Waals surface area (Å²) in [4.78, 5) is 50.4. The normalized spacial score (nSPS) is 55.2. The van der Waals surface area contributed by atoms with Crippen molar-refractivity contribution in [2.75, 3.05) is 0 Å². The lowest BCUT2D eigenvalue weighted by Gasteiger charge is -2.46. The highest BCUT2D eigenvalue weighted by molar-refractivity contribution is 5.87. The molecule has 4 saturated carbocycles. The number of hydrogen-bond donors (Lipinski definition) is 0. The highest BCUT2D eigenvalue weighted by Gasteiger charge is 2.90. The predicted octanol–water partition coefficient (Wildman–Crippen LogP) is 1.92. The standard InChI is InChI=1S/C23H28O8/c1-10-17-22-9-21(10,30-12(3)25)7-5-13(22)23-8-6-14(28-11(2)24)20(4,19(27)31-23)16(23)15(22)18(26)29-17/h10,13-17H,5-9H2,1-4H3/t10-,13+,14-,15+,16+,17-,20+,21-,22+,23+/m0/s1. The lowest BCUT2D eigenvalue weighted by atomic mass is 9.59. The van der Waals surface area contributed by atoms with E-state index in [4.69, 9.17) is 18.9 Å². The van der Waals surface area contributed by atoms with Gasteiger partial charge in [-0.3, -0.25) is 19.2 Å². The van der Waals surface area contributed by atoms with Gasteiger partial charge in [0.15, 0.2) is 0 Å². The zero-order valence-corrected chi connectivity index (χ0v) is 18.3. The summed E-state index contributed by atoms with van der Waals surface area (Å²) in [5, 5.41) is 0. The van der Waals surface area contributed by atoms with Crippen LogP contribution in [0.4, 0.5) is 0 Å². The predicted molar refractivity (Wildman–Crippen MR) is 102 cm³/mol. The van der Waals surface area contributed by atoms with Crippen LogP contribution in [0.5, 0.6) is 0 Å². The van der Waals surface area contributed by atoms with Gasteiger partial charge in [-0.2, -0.15) is 0 Å². The molecule has 0 aromatic rings. The van der Waals surface area contributed by atoms with Crippen LogP contribution >= 0.6 is 0 Å². The van der Waals surface area contributed by atoms with Gasteiger partial charge in [0.1, 0.15) is 28.8 Å². The van der Waals surface area contributed by atoms with Gasteiger partial charge in [-0.05, 0) is 39.0 Å². The topological polar surface area (TPSA) is 105 Å². The van der Waals surface area contributed by atoms with Crippen molar-refractivity contribution in [3.05, 3.63) is 0 Å². The maximum Gasteiger partial charge on any atom is 0.316 e. The van der Waals surface area contributed by atoms with E-state index in [2.05, 4.69) is 0 Å². The van der Waals surface area contributed by atoms with Gasteiger partial charge in [-0.1, -0.05) is 6.92 Å². The van der Waals surface area contributed by atoms with Crippen molar-refractivity contribution < 1.29 is 38.1 Å². The molecule has 1 spiro atoms. The van der Waals surface area contributed by atoms with E-state index >= 15 is 0 Å². The van der Waals surface area contributed by atoms with Gasteiger partial charge in [-0.15, -0.1) is 0 Å². The van der Waals surface area contributed by atoms with E-state index in [-0.39, 0.29) is 35.8 Å². The second-order valence-electron chi connectivity index (χ2n) is 10.9. The molecule has 0 unspecified atom stereocenters. The van der Waals surface area contributed by atoms with Crippen molar-refractivity contribution in [1.82, 2.24) is 0 Å². The van der Waals surface area contributed by atoms with E-state index in [0.29, 0.717) is 32.1 Å². The van der Waals surface area contributed by atoms with E-state index in [1.165, 1.54) is 13.8 Å². The molecule has 0 aromatic heterocycles. The number of ether oxygens (including phenoxy) is 4. The maximum atomic E-state index is 13.4. The summed E-state index contributed by atoms with van der Waals surface area (Å²) in [7, 11) is 0. The van der Waals surface area contributed by atoms with Gasteiger partial charge >= 0.3 is 23.9 Å². The Morgan fingerprint density at radius 2 is 1.84 bits per heavy atom. The fraction of sp³-hybridized carbons (Fsp3) is 0.826. The van der Waals surface area contributed by atoms with Crippen LogP contribution in [-0.2, 0) is 38.1 Å². The molecular formula is C23H28O8. The minimum Gasteiger partial charge on any atom is -0.461 e. The van der Waals surface area contributed by atoms with Crippen LogP contribution in [0.3, 0.4) is 0 Å². The van der Waals surface area contributed by atoms with Gasteiger partial charge < -0.3 is 18.9 Å². The van der Waals surface area contributed by atoms with Crippen molar-refractivity contribution in [3.8, 4) is 0 Å². The Labute approximate surface area is 180 Å². The number of rotatable bonds is 2. The molecule has 0 N–H and O–H groups in total. The SMILES string of the molecule is CC(=O)O[C@H]1CC[C@]23OC(=O)[C@@]1(C)[C@H]2[C@@H]1C(=O)O[C@H]2[C@H](C)[C@]4(OC(C)=O)CC[C@@H]3[C@@]21C4. The third-order valence-electron chi connectivity index (χ3n) is 9.94. The van der Waals surface area contributed by atoms with Gasteiger partial charge in [0, 0.05) is 37.0 Å². The lowest BCUT2D eigenvalue weighted by molar-refractivity contribution is -0.172. The molecule has 6 aliphatic rings. The quantitative estimate of drug-likeness (QED) is 0.481. The average molecular weight is 432 g/mol. The van der Waals surface area contributed by atoms with Gasteiger partial charge in [0.2, 0.25) is 0 Å². The fourth-order valence-corrected chi connectivity index (χ4v) is 9.21. The Bertz CT molecular complexity index is 944. The zero-order chi connectivity index (χ0) is 22.1. The van der Waals surface area contributed by atoms with E-state index in [9.17, 15) is 19.2 Å². The number of esters is 4. The lowest BCUT2D eigenvalue weighted by Crippen LogP contribution is -2.54.